The molecule has 1 saturated heterocycles. The molecule has 1 unspecified atom stereocenters. The molecule has 0 aromatic heterocycles. The Morgan fingerprint density at radius 1 is 0.831 bits per heavy atom. The molecular formula is C36H51N6O15PS. The Morgan fingerprint density at radius 3 is 2.24 bits per heavy atom. The van der Waals surface area contributed by atoms with Crippen LogP contribution in [0.2, 0.25) is 0 Å². The number of unbranched alkanes of at least 4 members (excludes halogenated alkanes) is 3. The molecule has 0 radical (unpaired) electrons. The Hall–Kier alpha value is -5.47. The van der Waals surface area contributed by atoms with Gasteiger partial charge in [0.25, 0.3) is 0 Å². The number of hydrogen-bond donors (Lipinski definition) is 8. The van der Waals surface area contributed by atoms with Crippen LogP contribution in [-0.4, -0.2) is 135 Å². The molecule has 0 bridgehead atoms. The van der Waals surface area contributed by atoms with E-state index >= 15 is 0 Å². The predicted octanol–water partition coefficient (Wildman–Crippen LogP) is 0.808. The Labute approximate surface area is 346 Å². The average molecular weight is 871 g/mol. The second-order valence-corrected chi connectivity index (χ2v) is 14.9. The number of nitrogens with one attached hydrogen (secondary N) is 4. The molecule has 2 rings (SSSR count). The highest BCUT2D eigenvalue weighted by atomic mass is 32.2. The van der Waals surface area contributed by atoms with Crippen LogP contribution in [0.3, 0.4) is 0 Å². The second kappa shape index (κ2) is 27.3. The molecule has 1 aliphatic heterocycles. The van der Waals surface area contributed by atoms with E-state index < -0.39 is 84.6 Å². The summed E-state index contributed by atoms with van der Waals surface area (Å²) >= 11 is 1.09. The van der Waals surface area contributed by atoms with Crippen LogP contribution in [0, 0.1) is 0 Å². The highest BCUT2D eigenvalue weighted by molar-refractivity contribution is 8.00. The van der Waals surface area contributed by atoms with Crippen LogP contribution in [0.15, 0.2) is 30.3 Å². The van der Waals surface area contributed by atoms with E-state index in [0.717, 1.165) is 17.3 Å². The van der Waals surface area contributed by atoms with E-state index in [-0.39, 0.29) is 50.5 Å². The highest BCUT2D eigenvalue weighted by Crippen LogP contribution is 2.27. The summed E-state index contributed by atoms with van der Waals surface area (Å²) in [6.45, 7) is -0.860. The summed E-state index contributed by atoms with van der Waals surface area (Å²) in [7, 11) is 3.47. The number of carboxylic acid groups (broad SMARTS) is 3. The molecule has 59 heavy (non-hydrogen) atoms. The zero-order valence-corrected chi connectivity index (χ0v) is 34.0. The molecule has 1 aromatic carbocycles. The van der Waals surface area contributed by atoms with Crippen molar-refractivity contribution in [1.82, 2.24) is 26.2 Å². The van der Waals surface area contributed by atoms with Gasteiger partial charge < -0.3 is 61.4 Å². The molecule has 0 saturated carbocycles. The van der Waals surface area contributed by atoms with Crippen molar-refractivity contribution in [2.75, 3.05) is 32.2 Å². The van der Waals surface area contributed by atoms with Gasteiger partial charge in [-0.25, -0.2) is 14.4 Å². The largest absolute Gasteiger partial charge is 0.480 e. The third-order valence-electron chi connectivity index (χ3n) is 8.44. The first-order valence-corrected chi connectivity index (χ1v) is 20.2. The number of hydrogen-bond acceptors (Lipinski definition) is 14. The fraction of sp³-hybridized carbons (Fsp3) is 0.556. The average Bonchev–Trinajstić information content (AvgIpc) is 3.46. The fourth-order valence-electron chi connectivity index (χ4n) is 5.23. The van der Waals surface area contributed by atoms with Crippen LogP contribution in [0.4, 0.5) is 9.59 Å². The second-order valence-electron chi connectivity index (χ2n) is 13.1. The lowest BCUT2D eigenvalue weighted by molar-refractivity contribution is -0.152. The summed E-state index contributed by atoms with van der Waals surface area (Å²) in [6.07, 6.45) is 0.441. The Morgan fingerprint density at radius 2 is 1.56 bits per heavy atom. The van der Waals surface area contributed by atoms with E-state index in [1.54, 1.807) is 24.3 Å². The zero-order chi connectivity index (χ0) is 43.7. The number of nitrogens with two attached hydrogens (primary N) is 1. The van der Waals surface area contributed by atoms with Crippen molar-refractivity contribution in [1.29, 1.82) is 0 Å². The first-order valence-electron chi connectivity index (χ1n) is 18.6. The number of ether oxygens (including phenoxy) is 3. The smallest absolute Gasteiger partial charge is 0.410 e. The maximum Gasteiger partial charge on any atom is 0.410 e. The SMILES string of the molecule is N[C@@H](CCC(=O)N[C@@H](CSC1CC(=P)N(CCCCCC(=O)OCOC(=O)NCCCC[C@H](NC(=O)OCc2ccccc2)C(=O)O)C1=O)C(=O)NCC(=O)O)C(=O)O. The number of benzene rings is 1. The number of thioether (sulfide) groups is 1. The lowest BCUT2D eigenvalue weighted by Gasteiger charge is -2.20. The minimum absolute atomic E-state index is 0.0115. The Balaban J connectivity index is 1.61. The van der Waals surface area contributed by atoms with Gasteiger partial charge in [0.05, 0.1) is 5.25 Å². The number of esters is 1. The van der Waals surface area contributed by atoms with Crippen LogP contribution >= 0.6 is 20.6 Å². The third kappa shape index (κ3) is 20.7. The Bertz CT molecular complexity index is 1640. The van der Waals surface area contributed by atoms with Crippen LogP contribution in [0.1, 0.15) is 69.8 Å². The van der Waals surface area contributed by atoms with E-state index in [4.69, 9.17) is 30.2 Å². The number of carbonyl (C=O) groups excluding carboxylic acids is 6. The van der Waals surface area contributed by atoms with Gasteiger partial charge in [-0.3, -0.25) is 28.8 Å². The molecular weight excluding hydrogens is 819 g/mol. The van der Waals surface area contributed by atoms with Crippen LogP contribution in [0.5, 0.6) is 0 Å². The number of carboxylic acids is 3. The summed E-state index contributed by atoms with van der Waals surface area (Å²) in [5, 5.41) is 36.0. The normalized spacial score (nSPS) is 14.9. The van der Waals surface area contributed by atoms with Gasteiger partial charge in [0.2, 0.25) is 24.5 Å². The summed E-state index contributed by atoms with van der Waals surface area (Å²) in [4.78, 5) is 109. The number of carbonyl (C=O) groups is 9. The van der Waals surface area contributed by atoms with E-state index in [0.29, 0.717) is 50.5 Å². The van der Waals surface area contributed by atoms with Crippen molar-refractivity contribution in [3.05, 3.63) is 35.9 Å². The molecule has 1 aliphatic rings. The van der Waals surface area contributed by atoms with Gasteiger partial charge in [-0.15, -0.1) is 11.8 Å². The monoisotopic (exact) mass is 870 g/mol. The lowest BCUT2D eigenvalue weighted by Crippen LogP contribution is -2.50. The van der Waals surface area contributed by atoms with E-state index in [1.165, 1.54) is 4.90 Å². The molecule has 5 amide bonds. The summed E-state index contributed by atoms with van der Waals surface area (Å²) < 4.78 is 14.8. The Kier molecular flexibility index (Phi) is 23.0. The molecule has 326 valence electrons. The van der Waals surface area contributed by atoms with Crippen molar-refractivity contribution < 1.29 is 72.7 Å². The summed E-state index contributed by atoms with van der Waals surface area (Å²) in [5.41, 5.74) is 6.77. The van der Waals surface area contributed by atoms with Crippen LogP contribution < -0.4 is 27.0 Å². The van der Waals surface area contributed by atoms with Gasteiger partial charge >= 0.3 is 36.1 Å². The molecule has 0 spiro atoms. The zero-order valence-electron chi connectivity index (χ0n) is 32.2. The maximum atomic E-state index is 13.1. The number of amides is 5. The quantitative estimate of drug-likeness (QED) is 0.0250. The third-order valence-corrected chi connectivity index (χ3v) is 10.2. The highest BCUT2D eigenvalue weighted by Gasteiger charge is 2.36. The molecule has 9 N–H and O–H groups in total. The molecule has 23 heteroatoms. The van der Waals surface area contributed by atoms with Gasteiger partial charge in [-0.2, -0.15) is 0 Å². The first kappa shape index (κ1) is 49.7. The molecule has 4 atom stereocenters. The van der Waals surface area contributed by atoms with Crippen molar-refractivity contribution in [2.45, 2.75) is 94.2 Å². The van der Waals surface area contributed by atoms with Crippen molar-refractivity contribution in [2.24, 2.45) is 5.73 Å². The topological polar surface area (TPSA) is 319 Å². The van der Waals surface area contributed by atoms with Gasteiger partial charge in [-0.1, -0.05) is 45.6 Å². The summed E-state index contributed by atoms with van der Waals surface area (Å²) in [5.74, 6) is -6.22. The van der Waals surface area contributed by atoms with E-state index in [9.17, 15) is 48.3 Å². The number of rotatable bonds is 28. The number of likely N-dealkylation sites (tertiary alicyclic amines) is 1. The predicted molar refractivity (Wildman–Crippen MR) is 212 cm³/mol. The van der Waals surface area contributed by atoms with E-state index in [1.807, 2.05) is 6.07 Å². The van der Waals surface area contributed by atoms with Gasteiger partial charge in [0, 0.05) is 43.5 Å². The molecule has 1 fully saturated rings. The number of aliphatic carboxylic acids is 3. The molecule has 21 nitrogen and oxygen atoms in total. The van der Waals surface area contributed by atoms with Crippen LogP contribution in [0.25, 0.3) is 0 Å². The first-order chi connectivity index (χ1) is 28.1. The fourth-order valence-corrected chi connectivity index (χ4v) is 7.01. The van der Waals surface area contributed by atoms with Gasteiger partial charge in [0.1, 0.15) is 31.3 Å². The van der Waals surface area contributed by atoms with Gasteiger partial charge in [-0.05, 0) is 44.1 Å². The van der Waals surface area contributed by atoms with Crippen molar-refractivity contribution in [3.8, 4) is 0 Å². The minimum atomic E-state index is -1.30. The number of alkyl carbamates (subject to hydrolysis) is 2. The standard InChI is InChI=1S/C36H51N6O15PS/c37-23(33(49)50)13-14-27(43)40-25(31(47)39-18-29(44)45)20-59-26-17-28(58)42(32(26)48)16-8-2-5-12-30(46)56-21-57-35(53)38-15-7-6-11-24(34(51)52)41-36(54)55-19-22-9-3-1-4-10-22/h1,3-4,9-10,23-26,58H,2,5-8,11-21,37H2,(H,38,53)(H,39,47)(H,40,43)(H,41,54)(H,44,45)(H,49,50)(H,51,52)/t23-,24-,25-,26?/m0/s1. The minimum Gasteiger partial charge on any atom is -0.480 e. The molecule has 1 heterocycles. The maximum absolute atomic E-state index is 13.1. The number of nitrogens with zero attached hydrogens (tertiary/aromatic N) is 1. The molecule has 0 aliphatic carbocycles. The van der Waals surface area contributed by atoms with Crippen molar-refractivity contribution in [3.63, 3.8) is 0 Å². The van der Waals surface area contributed by atoms with E-state index in [2.05, 4.69) is 30.1 Å². The van der Waals surface area contributed by atoms with Crippen molar-refractivity contribution >= 4 is 79.8 Å². The molecule has 1 aromatic rings. The van der Waals surface area contributed by atoms with Gasteiger partial charge in [0.15, 0.2) is 0 Å². The summed E-state index contributed by atoms with van der Waals surface area (Å²) in [6, 6.07) is 5.22. The lowest BCUT2D eigenvalue weighted by atomic mass is 10.1. The van der Waals surface area contributed by atoms with Crippen LogP contribution in [-0.2, 0) is 54.4 Å².